The molecule has 0 aliphatic carbocycles. The first-order valence-electron chi connectivity index (χ1n) is 9.68. The number of carbonyl (C=O) groups excluding carboxylic acids is 2. The van der Waals surface area contributed by atoms with Gasteiger partial charge >= 0.3 is 0 Å². The van der Waals surface area contributed by atoms with Crippen LogP contribution in [0.5, 0.6) is 11.6 Å². The fourth-order valence-corrected chi connectivity index (χ4v) is 2.68. The molecule has 0 unspecified atom stereocenters. The van der Waals surface area contributed by atoms with E-state index in [0.29, 0.717) is 36.7 Å². The monoisotopic (exact) mass is 425 g/mol. The molecule has 0 spiro atoms. The highest BCUT2D eigenvalue weighted by atomic mass is 19.1. The molecule has 2 N–H and O–H groups in total. The van der Waals surface area contributed by atoms with Crippen LogP contribution < -0.4 is 15.4 Å². The van der Waals surface area contributed by atoms with Crippen molar-refractivity contribution in [3.63, 3.8) is 0 Å². The second kappa shape index (κ2) is 10.8. The Labute approximate surface area is 178 Å². The molecule has 2 amide bonds. The Bertz CT molecular complexity index is 1020. The van der Waals surface area contributed by atoms with Crippen LogP contribution in [-0.2, 0) is 11.3 Å². The van der Waals surface area contributed by atoms with Crippen LogP contribution in [-0.4, -0.2) is 23.3 Å². The maximum absolute atomic E-state index is 13.0. The molecular weight excluding hydrogens is 404 g/mol. The largest absolute Gasteiger partial charge is 0.439 e. The first-order chi connectivity index (χ1) is 15.0. The van der Waals surface area contributed by atoms with Crippen LogP contribution in [0, 0.1) is 11.6 Å². The fraction of sp³-hybridized carbons (Fsp3) is 0.174. The number of nitrogens with one attached hydrogen (secondary N) is 2. The third kappa shape index (κ3) is 7.18. The standard InChI is InChI=1S/C23H21F2N3O3/c24-18-5-3-17(4-6-18)23(30)27-12-1-2-21(29)28-15-16-11-13-26-22(14-16)31-20-9-7-19(25)8-10-20/h3-11,13-14H,1-2,12,15H2,(H,27,30)(H,28,29). The van der Waals surface area contributed by atoms with Crippen LogP contribution in [0.4, 0.5) is 8.78 Å². The van der Waals surface area contributed by atoms with Crippen molar-refractivity contribution in [2.45, 2.75) is 19.4 Å². The summed E-state index contributed by atoms with van der Waals surface area (Å²) in [5.41, 5.74) is 1.16. The number of ether oxygens (including phenoxy) is 1. The number of benzene rings is 2. The highest BCUT2D eigenvalue weighted by Crippen LogP contribution is 2.20. The third-order valence-electron chi connectivity index (χ3n) is 4.30. The van der Waals surface area contributed by atoms with Gasteiger partial charge in [0.2, 0.25) is 11.8 Å². The Kier molecular flexibility index (Phi) is 7.64. The summed E-state index contributed by atoms with van der Waals surface area (Å²) in [7, 11) is 0. The Morgan fingerprint density at radius 3 is 2.29 bits per heavy atom. The minimum absolute atomic E-state index is 0.158. The molecule has 3 rings (SSSR count). The van der Waals surface area contributed by atoms with Crippen molar-refractivity contribution >= 4 is 11.8 Å². The van der Waals surface area contributed by atoms with Gasteiger partial charge in [-0.1, -0.05) is 0 Å². The SMILES string of the molecule is O=C(CCCNC(=O)c1ccc(F)cc1)NCc1ccnc(Oc2ccc(F)cc2)c1. The van der Waals surface area contributed by atoms with Crippen LogP contribution in [0.15, 0.2) is 66.9 Å². The highest BCUT2D eigenvalue weighted by molar-refractivity contribution is 5.94. The van der Waals surface area contributed by atoms with Gasteiger partial charge in [0.15, 0.2) is 0 Å². The van der Waals surface area contributed by atoms with E-state index in [1.165, 1.54) is 48.5 Å². The second-order valence-electron chi connectivity index (χ2n) is 6.70. The van der Waals surface area contributed by atoms with Gasteiger partial charge < -0.3 is 15.4 Å². The van der Waals surface area contributed by atoms with Gasteiger partial charge in [0.1, 0.15) is 17.4 Å². The number of hydrogen-bond acceptors (Lipinski definition) is 4. The molecule has 2 aromatic carbocycles. The van der Waals surface area contributed by atoms with Gasteiger partial charge in [-0.15, -0.1) is 0 Å². The number of aromatic nitrogens is 1. The molecule has 0 fully saturated rings. The van der Waals surface area contributed by atoms with Gasteiger partial charge in [-0.2, -0.15) is 0 Å². The minimum atomic E-state index is -0.406. The third-order valence-corrected chi connectivity index (χ3v) is 4.30. The Hall–Kier alpha value is -3.81. The number of carbonyl (C=O) groups is 2. The minimum Gasteiger partial charge on any atom is -0.439 e. The predicted octanol–water partition coefficient (Wildman–Crippen LogP) is 3.98. The van der Waals surface area contributed by atoms with E-state index in [9.17, 15) is 18.4 Å². The Morgan fingerprint density at radius 2 is 1.58 bits per heavy atom. The maximum atomic E-state index is 13.0. The molecule has 3 aromatic rings. The summed E-state index contributed by atoms with van der Waals surface area (Å²) in [5, 5.41) is 5.49. The first-order valence-corrected chi connectivity index (χ1v) is 9.68. The lowest BCUT2D eigenvalue weighted by Gasteiger charge is -2.09. The molecule has 8 heteroatoms. The fourth-order valence-electron chi connectivity index (χ4n) is 2.68. The van der Waals surface area contributed by atoms with Crippen LogP contribution in [0.1, 0.15) is 28.8 Å². The zero-order valence-electron chi connectivity index (χ0n) is 16.6. The molecule has 6 nitrogen and oxygen atoms in total. The van der Waals surface area contributed by atoms with E-state index in [-0.39, 0.29) is 24.1 Å². The van der Waals surface area contributed by atoms with E-state index in [1.54, 1.807) is 18.3 Å². The van der Waals surface area contributed by atoms with Crippen molar-refractivity contribution < 1.29 is 23.1 Å². The number of hydrogen-bond donors (Lipinski definition) is 2. The predicted molar refractivity (Wildman–Crippen MR) is 111 cm³/mol. The number of rotatable bonds is 9. The molecular formula is C23H21F2N3O3. The summed E-state index contributed by atoms with van der Waals surface area (Å²) < 4.78 is 31.4. The molecule has 0 aliphatic rings. The number of halogens is 2. The average molecular weight is 425 g/mol. The van der Waals surface area contributed by atoms with Crippen LogP contribution >= 0.6 is 0 Å². The van der Waals surface area contributed by atoms with Crippen LogP contribution in [0.2, 0.25) is 0 Å². The second-order valence-corrected chi connectivity index (χ2v) is 6.70. The quantitative estimate of drug-likeness (QED) is 0.508. The number of pyridine rings is 1. The number of nitrogens with zero attached hydrogens (tertiary/aromatic N) is 1. The van der Waals surface area contributed by atoms with Gasteiger partial charge in [-0.3, -0.25) is 9.59 Å². The zero-order valence-corrected chi connectivity index (χ0v) is 16.6. The van der Waals surface area contributed by atoms with Crippen molar-refractivity contribution in [2.24, 2.45) is 0 Å². The van der Waals surface area contributed by atoms with E-state index in [1.807, 2.05) is 0 Å². The molecule has 1 aromatic heterocycles. The lowest BCUT2D eigenvalue weighted by atomic mass is 10.2. The van der Waals surface area contributed by atoms with Crippen molar-refractivity contribution in [3.05, 3.63) is 89.6 Å². The van der Waals surface area contributed by atoms with Crippen molar-refractivity contribution in [1.82, 2.24) is 15.6 Å². The van der Waals surface area contributed by atoms with Crippen LogP contribution in [0.25, 0.3) is 0 Å². The van der Waals surface area contributed by atoms with E-state index in [4.69, 9.17) is 4.74 Å². The zero-order chi connectivity index (χ0) is 22.1. The van der Waals surface area contributed by atoms with E-state index >= 15 is 0 Å². The summed E-state index contributed by atoms with van der Waals surface area (Å²) in [6.07, 6.45) is 2.27. The highest BCUT2D eigenvalue weighted by Gasteiger charge is 2.07. The van der Waals surface area contributed by atoms with Gasteiger partial charge in [-0.05, 0) is 66.6 Å². The summed E-state index contributed by atoms with van der Waals surface area (Å²) >= 11 is 0. The van der Waals surface area contributed by atoms with Crippen LogP contribution in [0.3, 0.4) is 0 Å². The van der Waals surface area contributed by atoms with Crippen molar-refractivity contribution in [2.75, 3.05) is 6.54 Å². The summed E-state index contributed by atoms with van der Waals surface area (Å²) in [5.74, 6) is -0.442. The van der Waals surface area contributed by atoms with Gasteiger partial charge in [0.25, 0.3) is 5.91 Å². The molecule has 1 heterocycles. The average Bonchev–Trinajstić information content (AvgIpc) is 2.77. The molecule has 0 bridgehead atoms. The van der Waals surface area contributed by atoms with E-state index in [2.05, 4.69) is 15.6 Å². The topological polar surface area (TPSA) is 80.3 Å². The molecule has 160 valence electrons. The summed E-state index contributed by atoms with van der Waals surface area (Å²) in [4.78, 5) is 28.1. The van der Waals surface area contributed by atoms with Crippen molar-refractivity contribution in [3.8, 4) is 11.6 Å². The molecule has 0 aliphatic heterocycles. The molecule has 0 atom stereocenters. The molecule has 31 heavy (non-hydrogen) atoms. The van der Waals surface area contributed by atoms with Gasteiger partial charge in [0, 0.05) is 37.3 Å². The molecule has 0 radical (unpaired) electrons. The lowest BCUT2D eigenvalue weighted by molar-refractivity contribution is -0.121. The maximum Gasteiger partial charge on any atom is 0.251 e. The molecule has 0 saturated carbocycles. The van der Waals surface area contributed by atoms with Crippen molar-refractivity contribution in [1.29, 1.82) is 0 Å². The smallest absolute Gasteiger partial charge is 0.251 e. The van der Waals surface area contributed by atoms with Gasteiger partial charge in [-0.25, -0.2) is 13.8 Å². The number of amides is 2. The van der Waals surface area contributed by atoms with E-state index < -0.39 is 5.82 Å². The lowest BCUT2D eigenvalue weighted by Crippen LogP contribution is -2.27. The first kappa shape index (κ1) is 21.9. The Morgan fingerprint density at radius 1 is 0.903 bits per heavy atom. The summed E-state index contributed by atoms with van der Waals surface area (Å²) in [6.45, 7) is 0.623. The van der Waals surface area contributed by atoms with Gasteiger partial charge in [0.05, 0.1) is 0 Å². The molecule has 0 saturated heterocycles. The Balaban J connectivity index is 1.38. The van der Waals surface area contributed by atoms with E-state index in [0.717, 1.165) is 5.56 Å². The summed E-state index contributed by atoms with van der Waals surface area (Å²) in [6, 6.07) is 14.3. The normalized spacial score (nSPS) is 10.4.